The van der Waals surface area contributed by atoms with Crippen LogP contribution < -0.4 is 10.1 Å². The summed E-state index contributed by atoms with van der Waals surface area (Å²) < 4.78 is 5.74. The number of nitrogens with zero attached hydrogens (tertiary/aromatic N) is 1. The van der Waals surface area contributed by atoms with Gasteiger partial charge in [-0.05, 0) is 25.8 Å². The van der Waals surface area contributed by atoms with Crippen molar-refractivity contribution >= 4 is 23.3 Å². The number of benzene rings is 1. The number of nitrogens with one attached hydrogen (secondary N) is 1. The van der Waals surface area contributed by atoms with Gasteiger partial charge in [0.05, 0.1) is 22.8 Å². The zero-order chi connectivity index (χ0) is 19.0. The van der Waals surface area contributed by atoms with Crippen molar-refractivity contribution < 1.29 is 24.4 Å². The van der Waals surface area contributed by atoms with E-state index in [0.29, 0.717) is 0 Å². The van der Waals surface area contributed by atoms with Crippen LogP contribution in [0.15, 0.2) is 12.1 Å². The fourth-order valence-corrected chi connectivity index (χ4v) is 2.41. The second-order valence-corrected chi connectivity index (χ2v) is 5.89. The molecule has 2 N–H and O–H groups in total. The third-order valence-electron chi connectivity index (χ3n) is 3.63. The van der Waals surface area contributed by atoms with E-state index < -0.39 is 28.1 Å². The monoisotopic (exact) mass is 352 g/mol. The number of nitro benzene ring substituents is 1. The molecule has 8 heteroatoms. The van der Waals surface area contributed by atoms with Crippen LogP contribution in [0.4, 0.5) is 11.4 Å². The molecule has 1 rings (SSSR count). The molecule has 0 saturated heterocycles. The first-order valence-electron chi connectivity index (χ1n) is 8.26. The van der Waals surface area contributed by atoms with Crippen LogP contribution in [-0.4, -0.2) is 28.0 Å². The fraction of sp³-hybridized carbons (Fsp3) is 0.529. The number of carboxylic acids is 1. The molecule has 0 bridgehead atoms. The molecule has 8 nitrogen and oxygen atoms in total. The Balaban J connectivity index is 3.09. The van der Waals surface area contributed by atoms with E-state index in [4.69, 9.17) is 9.84 Å². The van der Waals surface area contributed by atoms with E-state index in [2.05, 4.69) is 12.2 Å². The van der Waals surface area contributed by atoms with E-state index in [1.165, 1.54) is 6.92 Å². The van der Waals surface area contributed by atoms with E-state index in [1.807, 2.05) is 6.92 Å². The Morgan fingerprint density at radius 3 is 2.52 bits per heavy atom. The van der Waals surface area contributed by atoms with Crippen molar-refractivity contribution in [2.75, 3.05) is 5.32 Å². The molecule has 0 aliphatic carbocycles. The molecule has 0 saturated carbocycles. The zero-order valence-corrected chi connectivity index (χ0v) is 14.7. The molecule has 1 atom stereocenters. The highest BCUT2D eigenvalue weighted by Crippen LogP contribution is 2.34. The average Bonchev–Trinajstić information content (AvgIpc) is 2.51. The maximum atomic E-state index is 11.3. The predicted molar refractivity (Wildman–Crippen MR) is 93.2 cm³/mol. The van der Waals surface area contributed by atoms with Crippen LogP contribution in [0.25, 0.3) is 0 Å². The van der Waals surface area contributed by atoms with Crippen molar-refractivity contribution in [3.8, 4) is 5.75 Å². The molecular formula is C17H24N2O6. The molecule has 0 aromatic heterocycles. The molecule has 0 heterocycles. The molecule has 0 aliphatic rings. The highest BCUT2D eigenvalue weighted by atomic mass is 16.6. The van der Waals surface area contributed by atoms with Crippen LogP contribution in [-0.2, 0) is 4.79 Å². The predicted octanol–water partition coefficient (Wildman–Crippen LogP) is 3.99. The van der Waals surface area contributed by atoms with Crippen molar-refractivity contribution in [1.29, 1.82) is 0 Å². The van der Waals surface area contributed by atoms with Crippen molar-refractivity contribution in [2.45, 2.75) is 59.0 Å². The first-order chi connectivity index (χ1) is 11.8. The third kappa shape index (κ3) is 6.40. The van der Waals surface area contributed by atoms with Crippen molar-refractivity contribution in [2.24, 2.45) is 0 Å². The Morgan fingerprint density at radius 2 is 2.00 bits per heavy atom. The summed E-state index contributed by atoms with van der Waals surface area (Å²) in [6, 6.07) is 2.11. The molecule has 1 aromatic rings. The summed E-state index contributed by atoms with van der Waals surface area (Å²) in [5.74, 6) is -1.78. The van der Waals surface area contributed by atoms with Crippen LogP contribution >= 0.6 is 0 Å². The molecule has 0 aliphatic heterocycles. The SMILES string of the molecule is CCCCCCC(C)Oc1cc([N+](=O)[O-])c(C(=O)O)cc1NC(C)=O. The second kappa shape index (κ2) is 9.61. The topological polar surface area (TPSA) is 119 Å². The Bertz CT molecular complexity index is 644. The number of amides is 1. The molecule has 25 heavy (non-hydrogen) atoms. The summed E-state index contributed by atoms with van der Waals surface area (Å²) in [6.45, 7) is 5.21. The lowest BCUT2D eigenvalue weighted by atomic mass is 10.1. The Labute approximate surface area is 146 Å². The van der Waals surface area contributed by atoms with Gasteiger partial charge in [0, 0.05) is 6.92 Å². The number of carbonyl (C=O) groups excluding carboxylic acids is 1. The molecule has 0 fully saturated rings. The van der Waals surface area contributed by atoms with Crippen LogP contribution in [0.3, 0.4) is 0 Å². The summed E-state index contributed by atoms with van der Waals surface area (Å²) in [5, 5.41) is 22.8. The minimum atomic E-state index is -1.45. The van der Waals surface area contributed by atoms with Gasteiger partial charge in [-0.1, -0.05) is 26.2 Å². The highest BCUT2D eigenvalue weighted by molar-refractivity contribution is 5.97. The minimum Gasteiger partial charge on any atom is -0.488 e. The Hall–Kier alpha value is -2.64. The molecular weight excluding hydrogens is 328 g/mol. The van der Waals surface area contributed by atoms with Crippen molar-refractivity contribution in [3.63, 3.8) is 0 Å². The van der Waals surface area contributed by atoms with Crippen LogP contribution in [0.2, 0.25) is 0 Å². The zero-order valence-electron chi connectivity index (χ0n) is 14.7. The number of carboxylic acid groups (broad SMARTS) is 1. The number of nitro groups is 1. The molecule has 1 unspecified atom stereocenters. The summed E-state index contributed by atoms with van der Waals surface area (Å²) >= 11 is 0. The van der Waals surface area contributed by atoms with Crippen LogP contribution in [0, 0.1) is 10.1 Å². The number of ether oxygens (including phenoxy) is 1. The maximum Gasteiger partial charge on any atom is 0.342 e. The fourth-order valence-electron chi connectivity index (χ4n) is 2.41. The van der Waals surface area contributed by atoms with E-state index in [9.17, 15) is 19.7 Å². The lowest BCUT2D eigenvalue weighted by molar-refractivity contribution is -0.385. The lowest BCUT2D eigenvalue weighted by Gasteiger charge is -2.18. The number of aromatic carboxylic acids is 1. The van der Waals surface area contributed by atoms with Crippen molar-refractivity contribution in [1.82, 2.24) is 0 Å². The molecule has 0 radical (unpaired) electrons. The number of anilines is 1. The standard InChI is InChI=1S/C17H24N2O6/c1-4-5-6-7-8-11(2)25-16-10-15(19(23)24)13(17(21)22)9-14(16)18-12(3)20/h9-11H,4-8H2,1-3H3,(H,18,20)(H,21,22). The summed E-state index contributed by atoms with van der Waals surface area (Å²) in [7, 11) is 0. The van der Waals surface area contributed by atoms with Gasteiger partial charge in [-0.3, -0.25) is 14.9 Å². The Kier molecular flexibility index (Phi) is 7.84. The molecule has 1 amide bonds. The van der Waals surface area contributed by atoms with Gasteiger partial charge in [0.1, 0.15) is 11.3 Å². The lowest BCUT2D eigenvalue weighted by Crippen LogP contribution is -2.16. The first-order valence-corrected chi connectivity index (χ1v) is 8.26. The minimum absolute atomic E-state index is 0.0925. The number of rotatable bonds is 10. The van der Waals surface area contributed by atoms with Gasteiger partial charge < -0.3 is 15.2 Å². The van der Waals surface area contributed by atoms with E-state index in [1.54, 1.807) is 0 Å². The van der Waals surface area contributed by atoms with Crippen LogP contribution in [0.1, 0.15) is 63.2 Å². The number of hydrogen-bond acceptors (Lipinski definition) is 5. The normalized spacial score (nSPS) is 11.6. The van der Waals surface area contributed by atoms with E-state index in [-0.39, 0.29) is 17.5 Å². The van der Waals surface area contributed by atoms with Gasteiger partial charge in [-0.15, -0.1) is 0 Å². The molecule has 0 spiro atoms. The van der Waals surface area contributed by atoms with E-state index in [0.717, 1.165) is 44.2 Å². The van der Waals surface area contributed by atoms with Crippen LogP contribution in [0.5, 0.6) is 5.75 Å². The second-order valence-electron chi connectivity index (χ2n) is 5.89. The number of unbranched alkanes of at least 4 members (excludes halogenated alkanes) is 3. The Morgan fingerprint density at radius 1 is 1.32 bits per heavy atom. The van der Waals surface area contributed by atoms with Gasteiger partial charge in [-0.2, -0.15) is 0 Å². The van der Waals surface area contributed by atoms with E-state index >= 15 is 0 Å². The largest absolute Gasteiger partial charge is 0.488 e. The van der Waals surface area contributed by atoms with Gasteiger partial charge in [0.25, 0.3) is 5.69 Å². The van der Waals surface area contributed by atoms with Gasteiger partial charge in [0.2, 0.25) is 5.91 Å². The van der Waals surface area contributed by atoms with Crippen molar-refractivity contribution in [3.05, 3.63) is 27.8 Å². The summed E-state index contributed by atoms with van der Waals surface area (Å²) in [6.07, 6.45) is 4.81. The van der Waals surface area contributed by atoms with Gasteiger partial charge >= 0.3 is 5.97 Å². The summed E-state index contributed by atoms with van der Waals surface area (Å²) in [4.78, 5) is 33.0. The molecule has 138 valence electrons. The highest BCUT2D eigenvalue weighted by Gasteiger charge is 2.25. The maximum absolute atomic E-state index is 11.3. The number of carbonyl (C=O) groups is 2. The number of hydrogen-bond donors (Lipinski definition) is 2. The third-order valence-corrected chi connectivity index (χ3v) is 3.63. The summed E-state index contributed by atoms with van der Waals surface area (Å²) in [5.41, 5.74) is -0.970. The quantitative estimate of drug-likeness (QED) is 0.373. The smallest absolute Gasteiger partial charge is 0.342 e. The first kappa shape index (κ1) is 20.4. The van der Waals surface area contributed by atoms with Gasteiger partial charge in [0.15, 0.2) is 0 Å². The molecule has 1 aromatic carbocycles. The van der Waals surface area contributed by atoms with Gasteiger partial charge in [-0.25, -0.2) is 4.79 Å². The average molecular weight is 352 g/mol.